The van der Waals surface area contributed by atoms with Crippen LogP contribution in [0.5, 0.6) is 5.75 Å². The van der Waals surface area contributed by atoms with Gasteiger partial charge in [0.2, 0.25) is 15.9 Å². The summed E-state index contributed by atoms with van der Waals surface area (Å²) in [6.07, 6.45) is 1.76. The highest BCUT2D eigenvalue weighted by molar-refractivity contribution is 7.89. The van der Waals surface area contributed by atoms with Gasteiger partial charge in [0, 0.05) is 23.7 Å². The topological polar surface area (TPSA) is 102 Å². The van der Waals surface area contributed by atoms with E-state index in [4.69, 9.17) is 10.5 Å². The molecular weight excluding hydrogens is 689 g/mol. The summed E-state index contributed by atoms with van der Waals surface area (Å²) in [5.41, 5.74) is 5.42. The van der Waals surface area contributed by atoms with Crippen LogP contribution in [0.1, 0.15) is 62.5 Å². The van der Waals surface area contributed by atoms with Crippen LogP contribution in [0.2, 0.25) is 0 Å². The monoisotopic (exact) mass is 727 g/mol. The number of carbonyl (C=O) groups is 1. The molecule has 0 aromatic heterocycles. The molecule has 3 atom stereocenters. The Kier molecular flexibility index (Phi) is 9.34. The molecule has 270 valence electrons. The predicted molar refractivity (Wildman–Crippen MR) is 183 cm³/mol. The van der Waals surface area contributed by atoms with Gasteiger partial charge in [0.15, 0.2) is 6.04 Å². The SMILES string of the molecule is NC1CC2CCC(C1)N2C(=O)[C@H](NS(=O)(=O)c1ccc2cc(OC3CCCC3)ccc2c1)C(F)(F)c1ccc(-c2ccc(C(F)(F)F)cc2)cc1. The zero-order valence-corrected chi connectivity index (χ0v) is 28.4. The summed E-state index contributed by atoms with van der Waals surface area (Å²) in [6.45, 7) is 0. The fourth-order valence-electron chi connectivity index (χ4n) is 7.77. The van der Waals surface area contributed by atoms with Crippen LogP contribution in [-0.4, -0.2) is 49.5 Å². The first-order chi connectivity index (χ1) is 24.2. The molecule has 2 aliphatic heterocycles. The number of nitrogens with zero attached hydrogens (tertiary/aromatic N) is 1. The van der Waals surface area contributed by atoms with Crippen molar-refractivity contribution in [1.82, 2.24) is 9.62 Å². The van der Waals surface area contributed by atoms with E-state index in [-0.39, 0.29) is 17.0 Å². The molecule has 2 heterocycles. The Hall–Kier alpha value is -4.07. The zero-order chi connectivity index (χ0) is 36.1. The molecule has 0 spiro atoms. The number of carbonyl (C=O) groups excluding carboxylic acids is 1. The summed E-state index contributed by atoms with van der Waals surface area (Å²) in [7, 11) is -4.67. The average molecular weight is 728 g/mol. The van der Waals surface area contributed by atoms with E-state index in [1.807, 2.05) is 6.07 Å². The highest BCUT2D eigenvalue weighted by atomic mass is 32.2. The van der Waals surface area contributed by atoms with Crippen molar-refractivity contribution >= 4 is 26.7 Å². The number of nitrogens with two attached hydrogens (primary N) is 1. The molecule has 3 fully saturated rings. The van der Waals surface area contributed by atoms with Crippen LogP contribution < -0.4 is 15.2 Å². The molecule has 7 nitrogen and oxygen atoms in total. The number of hydrogen-bond donors (Lipinski definition) is 2. The van der Waals surface area contributed by atoms with Crippen LogP contribution in [0, 0.1) is 0 Å². The van der Waals surface area contributed by atoms with E-state index in [1.54, 1.807) is 18.2 Å². The molecule has 4 aromatic rings. The number of hydrogen-bond acceptors (Lipinski definition) is 5. The van der Waals surface area contributed by atoms with Crippen LogP contribution in [0.15, 0.2) is 89.8 Å². The Morgan fingerprint density at radius 3 is 1.90 bits per heavy atom. The number of sulfonamides is 1. The van der Waals surface area contributed by atoms with Gasteiger partial charge in [0.05, 0.1) is 16.6 Å². The second-order valence-electron chi connectivity index (χ2n) is 13.9. The summed E-state index contributed by atoms with van der Waals surface area (Å²) in [6, 6.07) is 15.1. The number of nitrogens with one attached hydrogen (secondary N) is 1. The van der Waals surface area contributed by atoms with E-state index >= 15 is 8.78 Å². The van der Waals surface area contributed by atoms with E-state index in [0.717, 1.165) is 49.9 Å². The highest BCUT2D eigenvalue weighted by Crippen LogP contribution is 2.41. The van der Waals surface area contributed by atoms with Crippen LogP contribution in [0.4, 0.5) is 22.0 Å². The first-order valence-electron chi connectivity index (χ1n) is 17.2. The van der Waals surface area contributed by atoms with E-state index < -0.39 is 57.3 Å². The summed E-state index contributed by atoms with van der Waals surface area (Å²) < 4.78 is 108. The number of benzene rings is 4. The highest BCUT2D eigenvalue weighted by Gasteiger charge is 2.53. The quantitative estimate of drug-likeness (QED) is 0.172. The van der Waals surface area contributed by atoms with Gasteiger partial charge in [-0.05, 0) is 110 Å². The second kappa shape index (κ2) is 13.5. The van der Waals surface area contributed by atoms with Crippen molar-refractivity contribution in [2.24, 2.45) is 5.73 Å². The van der Waals surface area contributed by atoms with Gasteiger partial charge in [-0.2, -0.15) is 26.7 Å². The van der Waals surface area contributed by atoms with E-state index in [1.165, 1.54) is 41.3 Å². The summed E-state index contributed by atoms with van der Waals surface area (Å²) in [5.74, 6) is -4.40. The van der Waals surface area contributed by atoms with Gasteiger partial charge >= 0.3 is 6.18 Å². The Balaban J connectivity index is 1.19. The Morgan fingerprint density at radius 2 is 1.31 bits per heavy atom. The molecule has 1 saturated carbocycles. The van der Waals surface area contributed by atoms with Gasteiger partial charge in [0.25, 0.3) is 5.92 Å². The minimum atomic E-state index is -4.67. The lowest BCUT2D eigenvalue weighted by atomic mass is 9.94. The van der Waals surface area contributed by atoms with Gasteiger partial charge in [-0.3, -0.25) is 4.79 Å². The summed E-state index contributed by atoms with van der Waals surface area (Å²) in [5, 5.41) is 1.25. The van der Waals surface area contributed by atoms with E-state index in [2.05, 4.69) is 4.72 Å². The molecule has 7 rings (SSSR count). The van der Waals surface area contributed by atoms with E-state index in [0.29, 0.717) is 53.3 Å². The second-order valence-corrected chi connectivity index (χ2v) is 15.6. The molecule has 3 N–H and O–H groups in total. The normalized spacial score (nSPS) is 22.0. The van der Waals surface area contributed by atoms with Gasteiger partial charge < -0.3 is 15.4 Å². The van der Waals surface area contributed by atoms with Crippen molar-refractivity contribution in [3.8, 4) is 16.9 Å². The number of ether oxygens (including phenoxy) is 1. The van der Waals surface area contributed by atoms with Gasteiger partial charge in [-0.1, -0.05) is 48.5 Å². The average Bonchev–Trinajstić information content (AvgIpc) is 3.71. The van der Waals surface area contributed by atoms with Crippen molar-refractivity contribution in [2.45, 2.75) is 98.6 Å². The molecule has 51 heavy (non-hydrogen) atoms. The summed E-state index contributed by atoms with van der Waals surface area (Å²) in [4.78, 5) is 15.3. The number of alkyl halides is 5. The number of halogens is 5. The van der Waals surface area contributed by atoms with Crippen molar-refractivity contribution in [2.75, 3.05) is 0 Å². The van der Waals surface area contributed by atoms with Gasteiger partial charge in [-0.25, -0.2) is 8.42 Å². The third kappa shape index (κ3) is 7.20. The largest absolute Gasteiger partial charge is 0.490 e. The van der Waals surface area contributed by atoms with Gasteiger partial charge in [0.1, 0.15) is 5.75 Å². The molecule has 3 aliphatic rings. The fourth-order valence-corrected chi connectivity index (χ4v) is 9.00. The number of fused-ring (bicyclic) bond motifs is 3. The van der Waals surface area contributed by atoms with Gasteiger partial charge in [-0.15, -0.1) is 0 Å². The minimum Gasteiger partial charge on any atom is -0.490 e. The zero-order valence-electron chi connectivity index (χ0n) is 27.6. The first kappa shape index (κ1) is 35.3. The van der Waals surface area contributed by atoms with Crippen molar-refractivity contribution in [1.29, 1.82) is 0 Å². The van der Waals surface area contributed by atoms with Crippen molar-refractivity contribution in [3.05, 3.63) is 96.1 Å². The molecule has 4 aromatic carbocycles. The maximum absolute atomic E-state index is 16.7. The fraction of sp³-hybridized carbons (Fsp3) is 0.395. The minimum absolute atomic E-state index is 0.134. The maximum atomic E-state index is 16.7. The Bertz CT molecular complexity index is 2000. The number of amides is 1. The molecule has 1 amide bonds. The molecular formula is C38H38F5N3O4S. The number of rotatable bonds is 9. The molecule has 2 saturated heterocycles. The Morgan fingerprint density at radius 1 is 0.765 bits per heavy atom. The third-order valence-corrected chi connectivity index (χ3v) is 11.8. The molecule has 0 radical (unpaired) electrons. The standard InChI is InChI=1S/C38H38F5N3O4S/c39-37(40,27-11-5-23(6-12-27)24-7-13-28(14-8-24)38(41,42)43)35(36(47)46-30-15-16-31(46)22-29(44)21-30)45-51(48,49)34-18-10-25-19-33(17-9-26(25)20-34)50-32-3-1-2-4-32/h5-14,17-20,29-32,35,45H,1-4,15-16,21-22,44H2/t29?,30?,31?,35-/m0/s1. The first-order valence-corrected chi connectivity index (χ1v) is 18.6. The Labute approximate surface area is 293 Å². The molecule has 2 unspecified atom stereocenters. The van der Waals surface area contributed by atoms with E-state index in [9.17, 15) is 26.4 Å². The summed E-state index contributed by atoms with van der Waals surface area (Å²) >= 11 is 0. The molecule has 13 heteroatoms. The smallest absolute Gasteiger partial charge is 0.416 e. The molecule has 1 aliphatic carbocycles. The number of piperidine rings is 1. The van der Waals surface area contributed by atoms with Crippen molar-refractivity contribution in [3.63, 3.8) is 0 Å². The third-order valence-electron chi connectivity index (χ3n) is 10.4. The predicted octanol–water partition coefficient (Wildman–Crippen LogP) is 7.77. The van der Waals surface area contributed by atoms with Crippen LogP contribution >= 0.6 is 0 Å². The molecule has 2 bridgehead atoms. The van der Waals surface area contributed by atoms with Crippen LogP contribution in [0.25, 0.3) is 21.9 Å². The van der Waals surface area contributed by atoms with Crippen LogP contribution in [-0.2, 0) is 26.9 Å². The lowest BCUT2D eigenvalue weighted by Crippen LogP contribution is -2.60. The lowest BCUT2D eigenvalue weighted by Gasteiger charge is -2.41. The lowest BCUT2D eigenvalue weighted by molar-refractivity contribution is -0.149. The van der Waals surface area contributed by atoms with Crippen LogP contribution in [0.3, 0.4) is 0 Å². The maximum Gasteiger partial charge on any atom is 0.416 e. The van der Waals surface area contributed by atoms with Crippen molar-refractivity contribution < 1.29 is 39.9 Å².